The summed E-state index contributed by atoms with van der Waals surface area (Å²) >= 11 is 12.4. The second kappa shape index (κ2) is 9.68. The molecule has 196 valence electrons. The summed E-state index contributed by atoms with van der Waals surface area (Å²) in [5, 5.41) is 11.6. The second-order valence-electron chi connectivity index (χ2n) is 9.64. The minimum absolute atomic E-state index is 0.114. The molecule has 2 saturated heterocycles. The van der Waals surface area contributed by atoms with Gasteiger partial charge in [0, 0.05) is 54.7 Å². The number of pyridine rings is 2. The Morgan fingerprint density at radius 3 is 2.55 bits per heavy atom. The first-order valence-corrected chi connectivity index (χ1v) is 13.0. The van der Waals surface area contributed by atoms with Crippen LogP contribution in [0.25, 0.3) is 22.2 Å². The van der Waals surface area contributed by atoms with Crippen LogP contribution in [0.1, 0.15) is 31.1 Å². The number of halogens is 3. The number of amides is 1. The van der Waals surface area contributed by atoms with Crippen LogP contribution in [0.2, 0.25) is 10.0 Å². The molecule has 0 saturated carbocycles. The normalized spacial score (nSPS) is 17.7. The fourth-order valence-electron chi connectivity index (χ4n) is 5.32. The molecule has 2 aliphatic rings. The van der Waals surface area contributed by atoms with E-state index in [0.29, 0.717) is 70.5 Å². The number of nitrogens with zero attached hydrogens (tertiary/aromatic N) is 4. The first-order valence-electron chi connectivity index (χ1n) is 12.2. The summed E-state index contributed by atoms with van der Waals surface area (Å²) < 4.78 is 21.2. The van der Waals surface area contributed by atoms with Crippen LogP contribution in [0.5, 0.6) is 5.75 Å². The lowest BCUT2D eigenvalue weighted by Gasteiger charge is -2.38. The van der Waals surface area contributed by atoms with Crippen LogP contribution >= 0.6 is 23.2 Å². The Morgan fingerprint density at radius 1 is 1.11 bits per heavy atom. The Balaban J connectivity index is 1.23. The molecular weight excluding hydrogens is 532 g/mol. The number of piperidine rings is 1. The lowest BCUT2D eigenvalue weighted by atomic mass is 9.77. The molecule has 2 fully saturated rings. The van der Waals surface area contributed by atoms with Gasteiger partial charge >= 0.3 is 0 Å². The number of ether oxygens (including phenoxy) is 1. The van der Waals surface area contributed by atoms with Crippen molar-refractivity contribution in [3.8, 4) is 17.0 Å². The van der Waals surface area contributed by atoms with E-state index in [1.54, 1.807) is 24.4 Å². The van der Waals surface area contributed by atoms with Crippen LogP contribution in [0.15, 0.2) is 42.9 Å². The van der Waals surface area contributed by atoms with E-state index in [4.69, 9.17) is 33.7 Å². The second-order valence-corrected chi connectivity index (χ2v) is 10.5. The van der Waals surface area contributed by atoms with Gasteiger partial charge in [-0.15, -0.1) is 0 Å². The quantitative estimate of drug-likeness (QED) is 0.307. The first-order chi connectivity index (χ1) is 18.3. The topological polar surface area (TPSA) is 122 Å². The average molecular weight is 556 g/mol. The fourth-order valence-corrected chi connectivity index (χ4v) is 5.90. The number of hydrogen-bond donors (Lipinski definition) is 3. The molecule has 1 aromatic carbocycles. The molecule has 0 unspecified atom stereocenters. The summed E-state index contributed by atoms with van der Waals surface area (Å²) in [5.41, 5.74) is 8.10. The molecule has 2 aliphatic heterocycles. The molecule has 4 N–H and O–H groups in total. The number of H-pyrrole nitrogens is 1. The maximum Gasteiger partial charge on any atom is 0.226 e. The van der Waals surface area contributed by atoms with Crippen molar-refractivity contribution in [3.05, 3.63) is 64.3 Å². The third kappa shape index (κ3) is 4.32. The third-order valence-corrected chi connectivity index (χ3v) is 8.06. The number of aromatic nitrogens is 4. The SMILES string of the molecule is N[C@@H](Oc1ccc2[nH]nc(-c3cnc(N4CCC5(CCNC5=O)CC4)c(F)c3)c2c1)c1c(Cl)cncc1Cl. The highest BCUT2D eigenvalue weighted by Gasteiger charge is 2.44. The van der Waals surface area contributed by atoms with E-state index in [-0.39, 0.29) is 17.1 Å². The predicted octanol–water partition coefficient (Wildman–Crippen LogP) is 4.61. The highest BCUT2D eigenvalue weighted by Crippen LogP contribution is 2.40. The number of nitrogens with one attached hydrogen (secondary N) is 2. The average Bonchev–Trinajstić information content (AvgIpc) is 3.47. The molecule has 1 amide bonds. The zero-order valence-corrected chi connectivity index (χ0v) is 21.7. The minimum Gasteiger partial charge on any atom is -0.471 e. The number of carbonyl (C=O) groups excluding carboxylic acids is 1. The van der Waals surface area contributed by atoms with Crippen LogP contribution in [0.4, 0.5) is 10.2 Å². The summed E-state index contributed by atoms with van der Waals surface area (Å²) in [6.07, 6.45) is 5.78. The van der Waals surface area contributed by atoms with Crippen LogP contribution in [-0.2, 0) is 4.79 Å². The van der Waals surface area contributed by atoms with Gasteiger partial charge in [-0.1, -0.05) is 23.2 Å². The zero-order valence-electron chi connectivity index (χ0n) is 20.2. The number of rotatable bonds is 5. The van der Waals surface area contributed by atoms with Gasteiger partial charge in [-0.3, -0.25) is 20.6 Å². The van der Waals surface area contributed by atoms with Crippen molar-refractivity contribution in [1.82, 2.24) is 25.5 Å². The summed E-state index contributed by atoms with van der Waals surface area (Å²) in [5.74, 6) is 0.410. The number of fused-ring (bicyclic) bond motifs is 1. The van der Waals surface area contributed by atoms with Crippen LogP contribution in [0.3, 0.4) is 0 Å². The van der Waals surface area contributed by atoms with Gasteiger partial charge in [0.05, 0.1) is 21.0 Å². The third-order valence-electron chi connectivity index (χ3n) is 7.46. The molecule has 4 aromatic rings. The predicted molar refractivity (Wildman–Crippen MR) is 143 cm³/mol. The van der Waals surface area contributed by atoms with Crippen LogP contribution < -0.4 is 20.7 Å². The molecular formula is C26H24Cl2FN7O2. The Morgan fingerprint density at radius 2 is 1.87 bits per heavy atom. The van der Waals surface area contributed by atoms with Crippen molar-refractivity contribution in [2.75, 3.05) is 24.5 Å². The fraction of sp³-hybridized carbons (Fsp3) is 0.308. The van der Waals surface area contributed by atoms with Gasteiger partial charge in [0.25, 0.3) is 0 Å². The standard InChI is InChI=1S/C26H24Cl2FN7O2/c27-17-12-31-13-18(28)21(17)23(30)38-15-1-2-20-16(10-15)22(35-34-20)14-9-19(29)24(33-11-14)36-7-4-26(5-8-36)3-6-32-25(26)37/h1-2,9-13,23H,3-8,30H2,(H,32,37)(H,34,35)/t23-/m0/s1. The van der Waals surface area contributed by atoms with Crippen molar-refractivity contribution < 1.29 is 13.9 Å². The Bertz CT molecular complexity index is 1520. The van der Waals surface area contributed by atoms with Gasteiger partial charge in [0.1, 0.15) is 11.4 Å². The molecule has 12 heteroatoms. The lowest BCUT2D eigenvalue weighted by molar-refractivity contribution is -0.128. The highest BCUT2D eigenvalue weighted by atomic mass is 35.5. The number of aromatic amines is 1. The Kier molecular flexibility index (Phi) is 6.33. The van der Waals surface area contributed by atoms with E-state index in [0.717, 1.165) is 11.9 Å². The van der Waals surface area contributed by atoms with Crippen molar-refractivity contribution in [3.63, 3.8) is 0 Å². The molecule has 0 radical (unpaired) electrons. The number of benzene rings is 1. The molecule has 3 aromatic heterocycles. The number of anilines is 1. The van der Waals surface area contributed by atoms with E-state index in [1.165, 1.54) is 18.5 Å². The molecule has 0 bridgehead atoms. The largest absolute Gasteiger partial charge is 0.471 e. The Hall–Kier alpha value is -3.47. The van der Waals surface area contributed by atoms with Crippen molar-refractivity contribution in [2.45, 2.75) is 25.5 Å². The van der Waals surface area contributed by atoms with Gasteiger partial charge in [0.2, 0.25) is 5.91 Å². The molecule has 5 heterocycles. The maximum absolute atomic E-state index is 15.3. The highest BCUT2D eigenvalue weighted by molar-refractivity contribution is 6.35. The minimum atomic E-state index is -0.928. The van der Waals surface area contributed by atoms with E-state index in [1.807, 2.05) is 4.90 Å². The summed E-state index contributed by atoms with van der Waals surface area (Å²) in [7, 11) is 0. The van der Waals surface area contributed by atoms with Gasteiger partial charge < -0.3 is 15.0 Å². The first kappa shape index (κ1) is 24.8. The van der Waals surface area contributed by atoms with Gasteiger partial charge in [-0.2, -0.15) is 5.10 Å². The van der Waals surface area contributed by atoms with Crippen LogP contribution in [0, 0.1) is 11.2 Å². The van der Waals surface area contributed by atoms with Crippen LogP contribution in [-0.4, -0.2) is 45.7 Å². The monoisotopic (exact) mass is 555 g/mol. The Labute approximate surface area is 227 Å². The molecule has 6 rings (SSSR count). The molecule has 1 atom stereocenters. The van der Waals surface area contributed by atoms with Crippen molar-refractivity contribution in [2.24, 2.45) is 11.1 Å². The molecule has 38 heavy (non-hydrogen) atoms. The van der Waals surface area contributed by atoms with Crippen molar-refractivity contribution >= 4 is 45.8 Å². The number of hydrogen-bond acceptors (Lipinski definition) is 7. The number of carbonyl (C=O) groups is 1. The van der Waals surface area contributed by atoms with Crippen molar-refractivity contribution in [1.29, 1.82) is 0 Å². The summed E-state index contributed by atoms with van der Waals surface area (Å²) in [4.78, 5) is 22.5. The van der Waals surface area contributed by atoms with E-state index in [2.05, 4.69) is 25.5 Å². The summed E-state index contributed by atoms with van der Waals surface area (Å²) in [6.45, 7) is 1.87. The molecule has 0 aliphatic carbocycles. The van der Waals surface area contributed by atoms with Gasteiger partial charge in [-0.05, 0) is 43.5 Å². The smallest absolute Gasteiger partial charge is 0.226 e. The van der Waals surface area contributed by atoms with E-state index >= 15 is 4.39 Å². The molecule has 9 nitrogen and oxygen atoms in total. The van der Waals surface area contributed by atoms with Gasteiger partial charge in [-0.25, -0.2) is 9.37 Å². The van der Waals surface area contributed by atoms with E-state index in [9.17, 15) is 4.79 Å². The van der Waals surface area contributed by atoms with E-state index < -0.39 is 12.0 Å². The summed E-state index contributed by atoms with van der Waals surface area (Å²) in [6, 6.07) is 6.73. The van der Waals surface area contributed by atoms with Gasteiger partial charge in [0.15, 0.2) is 17.9 Å². The maximum atomic E-state index is 15.3. The lowest BCUT2D eigenvalue weighted by Crippen LogP contribution is -2.44. The zero-order chi connectivity index (χ0) is 26.4. The molecule has 1 spiro atoms. The number of nitrogens with two attached hydrogens (primary N) is 1.